The van der Waals surface area contributed by atoms with Crippen molar-refractivity contribution in [3.8, 4) is 0 Å². The highest BCUT2D eigenvalue weighted by Gasteiger charge is 2.37. The highest BCUT2D eigenvalue weighted by molar-refractivity contribution is 5.82. The van der Waals surface area contributed by atoms with Gasteiger partial charge in [0, 0.05) is 0 Å². The van der Waals surface area contributed by atoms with Gasteiger partial charge in [0.2, 0.25) is 5.91 Å². The molecule has 1 fully saturated rings. The molecule has 2 N–H and O–H groups in total. The first-order valence-corrected chi connectivity index (χ1v) is 7.89. The minimum atomic E-state index is -0.381. The Morgan fingerprint density at radius 1 is 1.36 bits per heavy atom. The van der Waals surface area contributed by atoms with Crippen LogP contribution < -0.4 is 5.73 Å². The Kier molecular flexibility index (Phi) is 5.95. The summed E-state index contributed by atoms with van der Waals surface area (Å²) in [6.45, 7) is 3.00. The SMILES string of the molecule is CCCC(C(=O)OCc1ccccc1)N1CCC[C@H]1C(N)=O. The topological polar surface area (TPSA) is 72.6 Å². The van der Waals surface area contributed by atoms with Gasteiger partial charge in [-0.3, -0.25) is 14.5 Å². The van der Waals surface area contributed by atoms with Crippen molar-refractivity contribution >= 4 is 11.9 Å². The first-order chi connectivity index (χ1) is 10.6. The zero-order valence-electron chi connectivity index (χ0n) is 13.0. The Morgan fingerprint density at radius 2 is 2.09 bits per heavy atom. The van der Waals surface area contributed by atoms with Gasteiger partial charge >= 0.3 is 5.97 Å². The molecule has 1 aliphatic heterocycles. The van der Waals surface area contributed by atoms with Crippen LogP contribution in [0.5, 0.6) is 0 Å². The van der Waals surface area contributed by atoms with Crippen molar-refractivity contribution in [1.29, 1.82) is 0 Å². The number of nitrogens with zero attached hydrogens (tertiary/aromatic N) is 1. The minimum Gasteiger partial charge on any atom is -0.460 e. The molecule has 22 heavy (non-hydrogen) atoms. The number of ether oxygens (including phenoxy) is 1. The average Bonchev–Trinajstić information content (AvgIpc) is 3.00. The number of carbonyl (C=O) groups is 2. The molecule has 2 rings (SSSR count). The number of benzene rings is 1. The maximum absolute atomic E-state index is 12.4. The van der Waals surface area contributed by atoms with Gasteiger partial charge < -0.3 is 10.5 Å². The van der Waals surface area contributed by atoms with Gasteiger partial charge in [-0.15, -0.1) is 0 Å². The third-order valence-electron chi connectivity index (χ3n) is 4.08. The molecule has 5 nitrogen and oxygen atoms in total. The molecule has 1 aliphatic rings. The van der Waals surface area contributed by atoms with E-state index in [4.69, 9.17) is 10.5 Å². The number of amides is 1. The van der Waals surface area contributed by atoms with E-state index in [1.54, 1.807) is 0 Å². The maximum atomic E-state index is 12.4. The second-order valence-electron chi connectivity index (χ2n) is 5.70. The lowest BCUT2D eigenvalue weighted by Gasteiger charge is -2.29. The Balaban J connectivity index is 2.00. The molecule has 0 bridgehead atoms. The summed E-state index contributed by atoms with van der Waals surface area (Å²) in [6.07, 6.45) is 3.14. The third kappa shape index (κ3) is 4.07. The van der Waals surface area contributed by atoms with Gasteiger partial charge in [-0.2, -0.15) is 0 Å². The van der Waals surface area contributed by atoms with Crippen LogP contribution in [0, 0.1) is 0 Å². The molecule has 0 radical (unpaired) electrons. The van der Waals surface area contributed by atoms with E-state index >= 15 is 0 Å². The summed E-state index contributed by atoms with van der Waals surface area (Å²) in [5.74, 6) is -0.617. The van der Waals surface area contributed by atoms with Crippen molar-refractivity contribution in [2.45, 2.75) is 51.3 Å². The van der Waals surface area contributed by atoms with Gasteiger partial charge in [-0.1, -0.05) is 43.7 Å². The molecule has 2 atom stereocenters. The third-order valence-corrected chi connectivity index (χ3v) is 4.08. The van der Waals surface area contributed by atoms with Crippen molar-refractivity contribution in [1.82, 2.24) is 4.90 Å². The van der Waals surface area contributed by atoms with Gasteiger partial charge in [-0.05, 0) is 31.4 Å². The molecule has 1 saturated heterocycles. The van der Waals surface area contributed by atoms with Crippen LogP contribution in [0.2, 0.25) is 0 Å². The van der Waals surface area contributed by atoms with Crippen LogP contribution in [0.3, 0.4) is 0 Å². The van der Waals surface area contributed by atoms with Crippen LogP contribution in [0.25, 0.3) is 0 Å². The van der Waals surface area contributed by atoms with E-state index < -0.39 is 0 Å². The van der Waals surface area contributed by atoms with Crippen LogP contribution in [0.4, 0.5) is 0 Å². The molecular weight excluding hydrogens is 280 g/mol. The average molecular weight is 304 g/mol. The van der Waals surface area contributed by atoms with Gasteiger partial charge in [0.25, 0.3) is 0 Å². The molecular formula is C17H24N2O3. The van der Waals surface area contributed by atoms with E-state index in [0.29, 0.717) is 6.42 Å². The van der Waals surface area contributed by atoms with E-state index in [2.05, 4.69) is 0 Å². The summed E-state index contributed by atoms with van der Waals surface area (Å²) in [5.41, 5.74) is 6.41. The second-order valence-corrected chi connectivity index (χ2v) is 5.70. The summed E-state index contributed by atoms with van der Waals surface area (Å²) in [6, 6.07) is 8.86. The Bertz CT molecular complexity index is 504. The number of carbonyl (C=O) groups excluding carboxylic acids is 2. The van der Waals surface area contributed by atoms with E-state index in [1.165, 1.54) is 0 Å². The first-order valence-electron chi connectivity index (χ1n) is 7.89. The van der Waals surface area contributed by atoms with Crippen molar-refractivity contribution < 1.29 is 14.3 Å². The van der Waals surface area contributed by atoms with E-state index in [9.17, 15) is 9.59 Å². The molecule has 5 heteroatoms. The molecule has 1 aromatic rings. The first kappa shape index (κ1) is 16.5. The molecule has 1 aromatic carbocycles. The van der Waals surface area contributed by atoms with Crippen molar-refractivity contribution in [3.05, 3.63) is 35.9 Å². The second kappa shape index (κ2) is 7.94. The fraction of sp³-hybridized carbons (Fsp3) is 0.529. The molecule has 0 aliphatic carbocycles. The maximum Gasteiger partial charge on any atom is 0.323 e. The summed E-state index contributed by atoms with van der Waals surface area (Å²) >= 11 is 0. The summed E-state index contributed by atoms with van der Waals surface area (Å²) in [5, 5.41) is 0. The number of esters is 1. The van der Waals surface area contributed by atoms with Crippen LogP contribution in [0.1, 0.15) is 38.2 Å². The minimum absolute atomic E-state index is 0.259. The molecule has 120 valence electrons. The molecule has 1 unspecified atom stereocenters. The van der Waals surface area contributed by atoms with Gasteiger partial charge in [0.1, 0.15) is 12.6 Å². The molecule has 0 saturated carbocycles. The summed E-state index contributed by atoms with van der Waals surface area (Å²) in [4.78, 5) is 25.9. The molecule has 1 amide bonds. The van der Waals surface area contributed by atoms with E-state index in [0.717, 1.165) is 31.4 Å². The Labute approximate surface area is 131 Å². The van der Waals surface area contributed by atoms with E-state index in [-0.39, 0.29) is 30.6 Å². The number of likely N-dealkylation sites (tertiary alicyclic amines) is 1. The Morgan fingerprint density at radius 3 is 2.73 bits per heavy atom. The normalized spacial score (nSPS) is 19.8. The number of nitrogens with two attached hydrogens (primary N) is 1. The van der Waals surface area contributed by atoms with E-state index in [1.807, 2.05) is 42.2 Å². The molecule has 1 heterocycles. The van der Waals surface area contributed by atoms with Crippen LogP contribution >= 0.6 is 0 Å². The van der Waals surface area contributed by atoms with Gasteiger partial charge in [-0.25, -0.2) is 0 Å². The predicted molar refractivity (Wildman–Crippen MR) is 83.9 cm³/mol. The van der Waals surface area contributed by atoms with Crippen LogP contribution in [0.15, 0.2) is 30.3 Å². The smallest absolute Gasteiger partial charge is 0.323 e. The van der Waals surface area contributed by atoms with Crippen LogP contribution in [-0.2, 0) is 20.9 Å². The number of hydrogen-bond donors (Lipinski definition) is 1. The Hall–Kier alpha value is -1.88. The highest BCUT2D eigenvalue weighted by Crippen LogP contribution is 2.23. The number of rotatable bonds is 7. The lowest BCUT2D eigenvalue weighted by Crippen LogP contribution is -2.49. The number of hydrogen-bond acceptors (Lipinski definition) is 4. The standard InChI is InChI=1S/C17H24N2O3/c1-2-7-15(19-11-6-10-14(19)16(18)20)17(21)22-12-13-8-4-3-5-9-13/h3-5,8-9,14-15H,2,6-7,10-12H2,1H3,(H2,18,20)/t14-,15?/m0/s1. The highest BCUT2D eigenvalue weighted by atomic mass is 16.5. The fourth-order valence-electron chi connectivity index (χ4n) is 2.99. The zero-order chi connectivity index (χ0) is 15.9. The monoisotopic (exact) mass is 304 g/mol. The molecule has 0 aromatic heterocycles. The van der Waals surface area contributed by atoms with Crippen molar-refractivity contribution in [2.24, 2.45) is 5.73 Å². The summed E-state index contributed by atoms with van der Waals surface area (Å²) in [7, 11) is 0. The lowest BCUT2D eigenvalue weighted by molar-refractivity contribution is -0.152. The quantitative estimate of drug-likeness (QED) is 0.780. The van der Waals surface area contributed by atoms with Crippen LogP contribution in [-0.4, -0.2) is 35.4 Å². The lowest BCUT2D eigenvalue weighted by atomic mass is 10.1. The van der Waals surface area contributed by atoms with Gasteiger partial charge in [0.05, 0.1) is 6.04 Å². The predicted octanol–water partition coefficient (Wildman–Crippen LogP) is 1.85. The number of primary amides is 1. The largest absolute Gasteiger partial charge is 0.460 e. The van der Waals surface area contributed by atoms with Crippen molar-refractivity contribution in [3.63, 3.8) is 0 Å². The fourth-order valence-corrected chi connectivity index (χ4v) is 2.99. The van der Waals surface area contributed by atoms with Crippen molar-refractivity contribution in [2.75, 3.05) is 6.54 Å². The molecule has 0 spiro atoms. The zero-order valence-corrected chi connectivity index (χ0v) is 13.0. The summed E-state index contributed by atoms with van der Waals surface area (Å²) < 4.78 is 5.45. The van der Waals surface area contributed by atoms with Gasteiger partial charge in [0.15, 0.2) is 0 Å².